The summed E-state index contributed by atoms with van der Waals surface area (Å²) in [5.41, 5.74) is 1.19. The minimum absolute atomic E-state index is 0. The van der Waals surface area contributed by atoms with E-state index in [9.17, 15) is 0 Å². The maximum atomic E-state index is 5.56. The largest absolute Gasteiger partial charge is 0.496 e. The molecular weight excluding hydrogens is 459 g/mol. The highest BCUT2D eigenvalue weighted by Gasteiger charge is 2.29. The minimum Gasteiger partial charge on any atom is -0.496 e. The number of methoxy groups -OCH3 is 1. The molecule has 1 unspecified atom stereocenters. The third-order valence-electron chi connectivity index (χ3n) is 4.51. The molecule has 1 N–H and O–H groups in total. The number of thioether (sulfide) groups is 1. The first kappa shape index (κ1) is 23.4. The number of hydrogen-bond acceptors (Lipinski definition) is 4. The summed E-state index contributed by atoms with van der Waals surface area (Å²) >= 11 is 2.03. The molecule has 0 saturated carbocycles. The number of benzene rings is 1. The Balaban J connectivity index is 0.00000338. The number of aliphatic imine (C=N–C) groups is 1. The summed E-state index contributed by atoms with van der Waals surface area (Å²) in [6, 6.07) is 8.43. The molecule has 7 heteroatoms. The molecule has 1 fully saturated rings. The van der Waals surface area contributed by atoms with Crippen LogP contribution in [0.1, 0.15) is 25.5 Å². The Morgan fingerprint density at radius 1 is 1.38 bits per heavy atom. The van der Waals surface area contributed by atoms with Crippen LogP contribution in [0.5, 0.6) is 5.75 Å². The van der Waals surface area contributed by atoms with Gasteiger partial charge in [-0.2, -0.15) is 11.8 Å². The Kier molecular flexibility index (Phi) is 9.54. The van der Waals surface area contributed by atoms with Gasteiger partial charge in [0.05, 0.1) is 13.2 Å². The van der Waals surface area contributed by atoms with E-state index in [0.717, 1.165) is 37.1 Å². The monoisotopic (exact) mass is 492 g/mol. The van der Waals surface area contributed by atoms with Gasteiger partial charge in [-0.3, -0.25) is 4.99 Å². The van der Waals surface area contributed by atoms with Gasteiger partial charge in [-0.25, -0.2) is 0 Å². The number of guanidine groups is 1. The molecule has 1 aromatic carbocycles. The molecule has 0 amide bonds. The Morgan fingerprint density at radius 3 is 2.65 bits per heavy atom. The SMILES string of the molecule is CN=C(NCC(c1ccccc1OC)N(C)C)N1CCSC(C)(C)C1.I. The maximum Gasteiger partial charge on any atom is 0.193 e. The van der Waals surface area contributed by atoms with Crippen molar-refractivity contribution in [3.05, 3.63) is 29.8 Å². The van der Waals surface area contributed by atoms with Crippen LogP contribution in [0.15, 0.2) is 29.3 Å². The second kappa shape index (κ2) is 10.6. The summed E-state index contributed by atoms with van der Waals surface area (Å²) in [6.45, 7) is 7.43. The van der Waals surface area contributed by atoms with Crippen molar-refractivity contribution in [1.82, 2.24) is 15.1 Å². The third-order valence-corrected chi connectivity index (χ3v) is 5.81. The van der Waals surface area contributed by atoms with Crippen molar-refractivity contribution in [3.63, 3.8) is 0 Å². The summed E-state index contributed by atoms with van der Waals surface area (Å²) in [6.07, 6.45) is 0. The molecule has 1 aliphatic rings. The van der Waals surface area contributed by atoms with Gasteiger partial charge in [0.15, 0.2) is 5.96 Å². The van der Waals surface area contributed by atoms with E-state index in [1.54, 1.807) is 7.11 Å². The zero-order valence-electron chi connectivity index (χ0n) is 16.8. The van der Waals surface area contributed by atoms with Gasteiger partial charge in [0.1, 0.15) is 5.75 Å². The smallest absolute Gasteiger partial charge is 0.193 e. The first-order valence-electron chi connectivity index (χ1n) is 8.77. The van der Waals surface area contributed by atoms with Gasteiger partial charge >= 0.3 is 0 Å². The van der Waals surface area contributed by atoms with Gasteiger partial charge in [0.25, 0.3) is 0 Å². The highest BCUT2D eigenvalue weighted by molar-refractivity contribution is 14.0. The topological polar surface area (TPSA) is 40.1 Å². The molecule has 5 nitrogen and oxygen atoms in total. The van der Waals surface area contributed by atoms with Crippen LogP contribution >= 0.6 is 35.7 Å². The van der Waals surface area contributed by atoms with Crippen LogP contribution in [0, 0.1) is 0 Å². The van der Waals surface area contributed by atoms with E-state index in [1.807, 2.05) is 30.9 Å². The van der Waals surface area contributed by atoms with Crippen molar-refractivity contribution in [2.24, 2.45) is 4.99 Å². The number of nitrogens with zero attached hydrogens (tertiary/aromatic N) is 3. The Labute approximate surface area is 180 Å². The molecule has 1 aliphatic heterocycles. The van der Waals surface area contributed by atoms with Crippen molar-refractivity contribution in [2.75, 3.05) is 53.6 Å². The average Bonchev–Trinajstić information content (AvgIpc) is 2.57. The standard InChI is InChI=1S/C19H32N4OS.HI/c1-19(2)14-23(11-12-25-19)18(20-3)21-13-16(22(4)5)15-9-7-8-10-17(15)24-6;/h7-10,16H,11-14H2,1-6H3,(H,20,21);1H. The van der Waals surface area contributed by atoms with E-state index in [1.165, 1.54) is 5.56 Å². The van der Waals surface area contributed by atoms with Crippen LogP contribution in [-0.2, 0) is 0 Å². The van der Waals surface area contributed by atoms with Gasteiger partial charge < -0.3 is 19.9 Å². The van der Waals surface area contributed by atoms with E-state index in [0.29, 0.717) is 0 Å². The second-order valence-corrected chi connectivity index (χ2v) is 8.98. The van der Waals surface area contributed by atoms with Crippen molar-refractivity contribution in [3.8, 4) is 5.75 Å². The zero-order valence-corrected chi connectivity index (χ0v) is 19.9. The molecule has 1 atom stereocenters. The maximum absolute atomic E-state index is 5.56. The van der Waals surface area contributed by atoms with Crippen LogP contribution in [0.3, 0.4) is 0 Å². The van der Waals surface area contributed by atoms with Gasteiger partial charge in [0, 0.05) is 42.7 Å². The first-order chi connectivity index (χ1) is 11.9. The lowest BCUT2D eigenvalue weighted by atomic mass is 10.0. The third kappa shape index (κ3) is 6.20. The second-order valence-electron chi connectivity index (χ2n) is 7.18. The zero-order chi connectivity index (χ0) is 18.4. The fourth-order valence-electron chi connectivity index (χ4n) is 3.23. The molecule has 148 valence electrons. The fraction of sp³-hybridized carbons (Fsp3) is 0.632. The molecule has 1 saturated heterocycles. The van der Waals surface area contributed by atoms with E-state index >= 15 is 0 Å². The normalized spacial score (nSPS) is 18.3. The molecular formula is C19H33IN4OS. The highest BCUT2D eigenvalue weighted by atomic mass is 127. The Morgan fingerprint density at radius 2 is 2.08 bits per heavy atom. The van der Waals surface area contributed by atoms with E-state index < -0.39 is 0 Å². The van der Waals surface area contributed by atoms with E-state index in [-0.39, 0.29) is 34.8 Å². The van der Waals surface area contributed by atoms with Crippen LogP contribution < -0.4 is 10.1 Å². The molecule has 0 spiro atoms. The number of halogens is 1. The number of hydrogen-bond donors (Lipinski definition) is 1. The van der Waals surface area contributed by atoms with Crippen LogP contribution in [0.4, 0.5) is 0 Å². The molecule has 0 bridgehead atoms. The predicted molar refractivity (Wildman–Crippen MR) is 124 cm³/mol. The number of ether oxygens (including phenoxy) is 1. The van der Waals surface area contributed by atoms with E-state index in [2.05, 4.69) is 60.2 Å². The molecule has 1 heterocycles. The summed E-state index contributed by atoms with van der Waals surface area (Å²) in [4.78, 5) is 9.10. The van der Waals surface area contributed by atoms with Crippen molar-refractivity contribution in [2.45, 2.75) is 24.6 Å². The molecule has 2 rings (SSSR count). The Bertz CT molecular complexity index is 595. The molecule has 1 aromatic rings. The van der Waals surface area contributed by atoms with Crippen molar-refractivity contribution in [1.29, 1.82) is 0 Å². The number of likely N-dealkylation sites (N-methyl/N-ethyl adjacent to an activating group) is 1. The quantitative estimate of drug-likeness (QED) is 0.388. The molecule has 0 aromatic heterocycles. The number of rotatable bonds is 5. The van der Waals surface area contributed by atoms with Gasteiger partial charge in [-0.05, 0) is 34.0 Å². The summed E-state index contributed by atoms with van der Waals surface area (Å²) in [7, 11) is 7.79. The Hall–Kier alpha value is -0.670. The lowest BCUT2D eigenvalue weighted by Gasteiger charge is -2.39. The highest BCUT2D eigenvalue weighted by Crippen LogP contribution is 2.30. The van der Waals surface area contributed by atoms with E-state index in [4.69, 9.17) is 4.74 Å². The van der Waals surface area contributed by atoms with Crippen LogP contribution in [-0.4, -0.2) is 74.1 Å². The van der Waals surface area contributed by atoms with Crippen LogP contribution in [0.25, 0.3) is 0 Å². The van der Waals surface area contributed by atoms with Crippen molar-refractivity contribution < 1.29 is 4.74 Å². The molecule has 0 radical (unpaired) electrons. The predicted octanol–water partition coefficient (Wildman–Crippen LogP) is 3.32. The summed E-state index contributed by atoms with van der Waals surface area (Å²) in [5.74, 6) is 3.04. The summed E-state index contributed by atoms with van der Waals surface area (Å²) in [5, 5.41) is 3.58. The lowest BCUT2D eigenvalue weighted by Crippen LogP contribution is -2.52. The average molecular weight is 492 g/mol. The summed E-state index contributed by atoms with van der Waals surface area (Å²) < 4.78 is 5.82. The fourth-order valence-corrected chi connectivity index (χ4v) is 4.34. The van der Waals surface area contributed by atoms with Crippen molar-refractivity contribution >= 4 is 41.7 Å². The lowest BCUT2D eigenvalue weighted by molar-refractivity contribution is 0.283. The molecule has 26 heavy (non-hydrogen) atoms. The number of para-hydroxylation sites is 1. The molecule has 0 aliphatic carbocycles. The van der Waals surface area contributed by atoms with Gasteiger partial charge in [-0.1, -0.05) is 18.2 Å². The minimum atomic E-state index is 0. The first-order valence-corrected chi connectivity index (χ1v) is 9.75. The van der Waals surface area contributed by atoms with Gasteiger partial charge in [-0.15, -0.1) is 24.0 Å². The van der Waals surface area contributed by atoms with Crippen LogP contribution in [0.2, 0.25) is 0 Å². The van der Waals surface area contributed by atoms with Gasteiger partial charge in [0.2, 0.25) is 0 Å². The number of nitrogens with one attached hydrogen (secondary N) is 1.